The van der Waals surface area contributed by atoms with Crippen molar-refractivity contribution >= 4 is 18.3 Å². The summed E-state index contributed by atoms with van der Waals surface area (Å²) >= 11 is 0. The molecule has 0 atom stereocenters. The molecule has 4 nitrogen and oxygen atoms in total. The van der Waals surface area contributed by atoms with Crippen LogP contribution in [0.2, 0.25) is 6.82 Å². The van der Waals surface area contributed by atoms with E-state index >= 15 is 0 Å². The molecular formula is C13H19BN2O2. The van der Waals surface area contributed by atoms with Gasteiger partial charge in [-0.1, -0.05) is 37.7 Å². The summed E-state index contributed by atoms with van der Waals surface area (Å²) in [4.78, 5) is 10.9. The summed E-state index contributed by atoms with van der Waals surface area (Å²) in [5.41, 5.74) is 2.00. The van der Waals surface area contributed by atoms with Crippen LogP contribution in [0.4, 0.5) is 0 Å². The van der Waals surface area contributed by atoms with E-state index in [1.165, 1.54) is 6.08 Å². The predicted molar refractivity (Wildman–Crippen MR) is 74.8 cm³/mol. The number of benzene rings is 1. The van der Waals surface area contributed by atoms with Crippen LogP contribution in [-0.4, -0.2) is 30.9 Å². The van der Waals surface area contributed by atoms with E-state index in [1.54, 1.807) is 6.82 Å². The summed E-state index contributed by atoms with van der Waals surface area (Å²) in [7, 11) is 0. The summed E-state index contributed by atoms with van der Waals surface area (Å²) < 4.78 is 0. The van der Waals surface area contributed by atoms with Gasteiger partial charge in [0.15, 0.2) is 0 Å². The Bertz CT molecular complexity index is 408. The molecule has 1 aromatic rings. The summed E-state index contributed by atoms with van der Waals surface area (Å²) in [6.07, 6.45) is 1.25. The fourth-order valence-corrected chi connectivity index (χ4v) is 1.67. The second-order valence-corrected chi connectivity index (χ2v) is 4.05. The third kappa shape index (κ3) is 4.73. The van der Waals surface area contributed by atoms with Gasteiger partial charge >= 0.3 is 6.92 Å². The van der Waals surface area contributed by atoms with E-state index in [-0.39, 0.29) is 5.91 Å². The highest BCUT2D eigenvalue weighted by Crippen LogP contribution is 1.97. The van der Waals surface area contributed by atoms with Gasteiger partial charge in [-0.3, -0.25) is 4.79 Å². The first-order chi connectivity index (χ1) is 8.65. The van der Waals surface area contributed by atoms with E-state index in [0.29, 0.717) is 19.6 Å². The lowest BCUT2D eigenvalue weighted by Gasteiger charge is -2.11. The summed E-state index contributed by atoms with van der Waals surface area (Å²) in [6.45, 7) is 6.57. The lowest BCUT2D eigenvalue weighted by molar-refractivity contribution is -0.116. The van der Waals surface area contributed by atoms with Crippen LogP contribution in [0.1, 0.15) is 5.56 Å². The number of rotatable bonds is 7. The summed E-state index contributed by atoms with van der Waals surface area (Å²) in [5.74, 6) is -0.166. The van der Waals surface area contributed by atoms with Crippen molar-refractivity contribution in [2.75, 3.05) is 13.1 Å². The maximum atomic E-state index is 10.9. The minimum Gasteiger partial charge on any atom is -0.446 e. The quantitative estimate of drug-likeness (QED) is 0.357. The van der Waals surface area contributed by atoms with Crippen molar-refractivity contribution in [3.8, 4) is 0 Å². The highest BCUT2D eigenvalue weighted by Gasteiger charge is 2.10. The highest BCUT2D eigenvalue weighted by atomic mass is 16.2. The van der Waals surface area contributed by atoms with Crippen molar-refractivity contribution in [3.63, 3.8) is 0 Å². The van der Waals surface area contributed by atoms with Gasteiger partial charge in [0.05, 0.1) is 0 Å². The maximum Gasteiger partial charge on any atom is 0.320 e. The monoisotopic (exact) mass is 246 g/mol. The van der Waals surface area contributed by atoms with Crippen LogP contribution in [0, 0.1) is 0 Å². The van der Waals surface area contributed by atoms with Gasteiger partial charge in [-0.15, -0.1) is 0 Å². The molecule has 1 aromatic carbocycles. The molecule has 0 saturated heterocycles. The molecule has 0 radical (unpaired) electrons. The van der Waals surface area contributed by atoms with Crippen LogP contribution in [0.3, 0.4) is 0 Å². The molecule has 5 heteroatoms. The predicted octanol–water partition coefficient (Wildman–Crippen LogP) is -0.101. The number of hydrogen-bond donors (Lipinski definition) is 3. The zero-order chi connectivity index (χ0) is 13.4. The van der Waals surface area contributed by atoms with E-state index in [1.807, 2.05) is 24.3 Å². The highest BCUT2D eigenvalue weighted by molar-refractivity contribution is 6.65. The van der Waals surface area contributed by atoms with Gasteiger partial charge in [0, 0.05) is 19.6 Å². The molecule has 3 N–H and O–H groups in total. The van der Waals surface area contributed by atoms with Gasteiger partial charge in [-0.2, -0.15) is 0 Å². The Morgan fingerprint density at radius 3 is 2.83 bits per heavy atom. The lowest BCUT2D eigenvalue weighted by atomic mass is 9.62. The van der Waals surface area contributed by atoms with Crippen molar-refractivity contribution in [1.29, 1.82) is 0 Å². The van der Waals surface area contributed by atoms with Crippen LogP contribution in [0.5, 0.6) is 0 Å². The van der Waals surface area contributed by atoms with Crippen LogP contribution in [-0.2, 0) is 11.3 Å². The van der Waals surface area contributed by atoms with Crippen molar-refractivity contribution < 1.29 is 9.82 Å². The number of carbonyl (C=O) groups excluding carboxylic acids is 1. The second-order valence-electron chi connectivity index (χ2n) is 4.05. The number of amides is 1. The van der Waals surface area contributed by atoms with E-state index in [2.05, 4.69) is 17.2 Å². The minimum absolute atomic E-state index is 0.166. The third-order valence-corrected chi connectivity index (χ3v) is 2.61. The fraction of sp³-hybridized carbons (Fsp3) is 0.308. The number of carbonyl (C=O) groups is 1. The van der Waals surface area contributed by atoms with Gasteiger partial charge in [-0.05, 0) is 17.1 Å². The van der Waals surface area contributed by atoms with E-state index in [4.69, 9.17) is 0 Å². The molecule has 0 fully saturated rings. The normalized spacial score (nSPS) is 9.89. The summed E-state index contributed by atoms with van der Waals surface area (Å²) in [5, 5.41) is 15.5. The second kappa shape index (κ2) is 7.69. The summed E-state index contributed by atoms with van der Waals surface area (Å²) in [6, 6.07) is 7.76. The SMILES string of the molecule is C=CC(=O)NCCNCc1ccccc1B(C)O. The van der Waals surface area contributed by atoms with Crippen LogP contribution in [0.15, 0.2) is 36.9 Å². The Labute approximate surface area is 108 Å². The van der Waals surface area contributed by atoms with Crippen molar-refractivity contribution in [2.45, 2.75) is 13.4 Å². The van der Waals surface area contributed by atoms with Crippen LogP contribution >= 0.6 is 0 Å². The Hall–Kier alpha value is -1.59. The number of hydrogen-bond acceptors (Lipinski definition) is 3. The van der Waals surface area contributed by atoms with E-state index < -0.39 is 6.92 Å². The first-order valence-corrected chi connectivity index (χ1v) is 6.02. The van der Waals surface area contributed by atoms with Gasteiger partial charge in [-0.25, -0.2) is 0 Å². The van der Waals surface area contributed by atoms with Crippen LogP contribution < -0.4 is 16.1 Å². The maximum absolute atomic E-state index is 10.9. The average molecular weight is 246 g/mol. The molecule has 0 aromatic heterocycles. The lowest BCUT2D eigenvalue weighted by Crippen LogP contribution is -2.34. The van der Waals surface area contributed by atoms with E-state index in [9.17, 15) is 9.82 Å². The smallest absolute Gasteiger partial charge is 0.320 e. The Balaban J connectivity index is 2.35. The van der Waals surface area contributed by atoms with Crippen molar-refractivity contribution in [3.05, 3.63) is 42.5 Å². The first-order valence-electron chi connectivity index (χ1n) is 6.02. The molecule has 0 saturated carbocycles. The molecule has 96 valence electrons. The average Bonchev–Trinajstić information content (AvgIpc) is 2.38. The molecule has 0 heterocycles. The zero-order valence-corrected chi connectivity index (χ0v) is 10.6. The minimum atomic E-state index is -0.469. The molecule has 0 aliphatic rings. The molecule has 1 rings (SSSR count). The Morgan fingerprint density at radius 2 is 2.17 bits per heavy atom. The van der Waals surface area contributed by atoms with Gasteiger partial charge in [0.2, 0.25) is 5.91 Å². The number of nitrogens with one attached hydrogen (secondary N) is 2. The first kappa shape index (κ1) is 14.5. The zero-order valence-electron chi connectivity index (χ0n) is 10.6. The van der Waals surface area contributed by atoms with Gasteiger partial charge in [0.25, 0.3) is 0 Å². The Morgan fingerprint density at radius 1 is 1.44 bits per heavy atom. The van der Waals surface area contributed by atoms with Gasteiger partial charge < -0.3 is 15.7 Å². The van der Waals surface area contributed by atoms with E-state index in [0.717, 1.165) is 11.0 Å². The largest absolute Gasteiger partial charge is 0.446 e. The van der Waals surface area contributed by atoms with Crippen LogP contribution in [0.25, 0.3) is 0 Å². The fourth-order valence-electron chi connectivity index (χ4n) is 1.67. The molecule has 0 spiro atoms. The molecule has 0 unspecified atom stereocenters. The third-order valence-electron chi connectivity index (χ3n) is 2.61. The Kier molecular flexibility index (Phi) is 6.18. The molecule has 0 aliphatic carbocycles. The van der Waals surface area contributed by atoms with Crippen molar-refractivity contribution in [2.24, 2.45) is 0 Å². The topological polar surface area (TPSA) is 61.4 Å². The molecule has 0 bridgehead atoms. The standard InChI is InChI=1S/C13H19BN2O2/c1-3-13(17)16-9-8-15-10-11-6-4-5-7-12(11)14(2)18/h3-7,15,18H,1,8-10H2,2H3,(H,16,17). The molecular weight excluding hydrogens is 227 g/mol. The molecule has 18 heavy (non-hydrogen) atoms. The molecule has 1 amide bonds. The molecule has 0 aliphatic heterocycles. The van der Waals surface area contributed by atoms with Gasteiger partial charge in [0.1, 0.15) is 0 Å². The van der Waals surface area contributed by atoms with Crippen molar-refractivity contribution in [1.82, 2.24) is 10.6 Å².